The van der Waals surface area contributed by atoms with E-state index in [1.807, 2.05) is 45.2 Å². The third-order valence-electron chi connectivity index (χ3n) is 4.67. The van der Waals surface area contributed by atoms with Crippen molar-refractivity contribution < 1.29 is 14.3 Å². The Bertz CT molecular complexity index is 835. The monoisotopic (exact) mass is 369 g/mol. The molecule has 0 fully saturated rings. The van der Waals surface area contributed by atoms with Crippen molar-refractivity contribution in [1.29, 1.82) is 0 Å². The van der Waals surface area contributed by atoms with Gasteiger partial charge in [-0.2, -0.15) is 5.10 Å². The number of aryl methyl sites for hydroxylation is 2. The number of nitrogens with zero attached hydrogens (tertiary/aromatic N) is 2. The van der Waals surface area contributed by atoms with Crippen LogP contribution in [0.3, 0.4) is 0 Å². The van der Waals surface area contributed by atoms with Gasteiger partial charge in [0, 0.05) is 30.1 Å². The molecule has 0 unspecified atom stereocenters. The molecule has 1 amide bonds. The summed E-state index contributed by atoms with van der Waals surface area (Å²) in [6.45, 7) is 7.76. The lowest BCUT2D eigenvalue weighted by atomic mass is 9.99. The SMILES string of the molecule is CC[C@H](C)c1ccc(NC(=O)COC(=O)/C=C/c2c(C)nn(C)c2C)cc1. The number of amides is 1. The number of anilines is 1. The van der Waals surface area contributed by atoms with Gasteiger partial charge in [-0.05, 0) is 50.0 Å². The minimum atomic E-state index is -0.570. The molecule has 1 N–H and O–H groups in total. The normalized spacial score (nSPS) is 12.2. The minimum Gasteiger partial charge on any atom is -0.452 e. The molecule has 6 nitrogen and oxygen atoms in total. The fourth-order valence-electron chi connectivity index (χ4n) is 2.70. The first-order chi connectivity index (χ1) is 12.8. The molecule has 2 aromatic rings. The van der Waals surface area contributed by atoms with Crippen molar-refractivity contribution in [3.05, 3.63) is 52.9 Å². The Balaban J connectivity index is 1.84. The maximum Gasteiger partial charge on any atom is 0.331 e. The highest BCUT2D eigenvalue weighted by Gasteiger charge is 2.09. The maximum atomic E-state index is 12.0. The average Bonchev–Trinajstić information content (AvgIpc) is 2.90. The summed E-state index contributed by atoms with van der Waals surface area (Å²) >= 11 is 0. The van der Waals surface area contributed by atoms with E-state index in [1.165, 1.54) is 11.6 Å². The van der Waals surface area contributed by atoms with Crippen LogP contribution in [0.25, 0.3) is 6.08 Å². The van der Waals surface area contributed by atoms with Crippen LogP contribution >= 0.6 is 0 Å². The van der Waals surface area contributed by atoms with Crippen LogP contribution in [0, 0.1) is 13.8 Å². The summed E-state index contributed by atoms with van der Waals surface area (Å²) in [4.78, 5) is 23.8. The van der Waals surface area contributed by atoms with Crippen LogP contribution in [-0.4, -0.2) is 28.3 Å². The molecule has 2 rings (SSSR count). The van der Waals surface area contributed by atoms with Gasteiger partial charge in [0.1, 0.15) is 0 Å². The van der Waals surface area contributed by atoms with Gasteiger partial charge in [0.15, 0.2) is 6.61 Å². The third kappa shape index (κ3) is 5.54. The highest BCUT2D eigenvalue weighted by molar-refractivity contribution is 5.94. The molecular weight excluding hydrogens is 342 g/mol. The molecule has 144 valence electrons. The predicted octanol–water partition coefficient (Wildman–Crippen LogP) is 3.75. The van der Waals surface area contributed by atoms with Crippen molar-refractivity contribution in [3.63, 3.8) is 0 Å². The number of hydrogen-bond acceptors (Lipinski definition) is 4. The van der Waals surface area contributed by atoms with Gasteiger partial charge in [-0.25, -0.2) is 4.79 Å². The van der Waals surface area contributed by atoms with E-state index in [4.69, 9.17) is 4.74 Å². The summed E-state index contributed by atoms with van der Waals surface area (Å²) in [6.07, 6.45) is 4.03. The number of esters is 1. The summed E-state index contributed by atoms with van der Waals surface area (Å²) in [5.41, 5.74) is 4.57. The lowest BCUT2D eigenvalue weighted by molar-refractivity contribution is -0.142. The minimum absolute atomic E-state index is 0.332. The van der Waals surface area contributed by atoms with E-state index in [2.05, 4.69) is 24.3 Å². The molecule has 0 aliphatic rings. The van der Waals surface area contributed by atoms with Gasteiger partial charge in [0.25, 0.3) is 5.91 Å². The maximum absolute atomic E-state index is 12.0. The van der Waals surface area contributed by atoms with Gasteiger partial charge in [-0.3, -0.25) is 9.48 Å². The van der Waals surface area contributed by atoms with E-state index in [0.29, 0.717) is 11.6 Å². The Kier molecular flexibility index (Phi) is 6.93. The summed E-state index contributed by atoms with van der Waals surface area (Å²) in [7, 11) is 1.85. The summed E-state index contributed by atoms with van der Waals surface area (Å²) in [5, 5.41) is 7.00. The lowest BCUT2D eigenvalue weighted by Gasteiger charge is -2.10. The molecule has 1 atom stereocenters. The molecule has 6 heteroatoms. The lowest BCUT2D eigenvalue weighted by Crippen LogP contribution is -2.20. The van der Waals surface area contributed by atoms with Gasteiger partial charge in [-0.1, -0.05) is 26.0 Å². The number of ether oxygens (including phenoxy) is 1. The Labute approximate surface area is 160 Å². The second kappa shape index (κ2) is 9.16. The molecule has 0 aliphatic heterocycles. The fourth-order valence-corrected chi connectivity index (χ4v) is 2.70. The van der Waals surface area contributed by atoms with Crippen LogP contribution < -0.4 is 5.32 Å². The average molecular weight is 369 g/mol. The molecular formula is C21H27N3O3. The Hall–Kier alpha value is -2.89. The van der Waals surface area contributed by atoms with E-state index in [-0.39, 0.29) is 12.5 Å². The zero-order valence-electron chi connectivity index (χ0n) is 16.6. The van der Waals surface area contributed by atoms with Gasteiger partial charge in [0.2, 0.25) is 0 Å². The molecule has 1 aromatic heterocycles. The molecule has 1 heterocycles. The van der Waals surface area contributed by atoms with Crippen molar-refractivity contribution in [3.8, 4) is 0 Å². The molecule has 0 saturated carbocycles. The van der Waals surface area contributed by atoms with E-state index < -0.39 is 5.97 Å². The number of nitrogens with one attached hydrogen (secondary N) is 1. The second-order valence-corrected chi connectivity index (χ2v) is 6.63. The van der Waals surface area contributed by atoms with Crippen LogP contribution in [0.5, 0.6) is 0 Å². The van der Waals surface area contributed by atoms with Crippen molar-refractivity contribution in [2.75, 3.05) is 11.9 Å². The van der Waals surface area contributed by atoms with Crippen LogP contribution in [0.2, 0.25) is 0 Å². The first-order valence-electron chi connectivity index (χ1n) is 9.06. The number of carbonyl (C=O) groups excluding carboxylic acids is 2. The van der Waals surface area contributed by atoms with Crippen LogP contribution in [-0.2, 0) is 21.4 Å². The second-order valence-electron chi connectivity index (χ2n) is 6.63. The summed E-state index contributed by atoms with van der Waals surface area (Å²) in [6, 6.07) is 7.71. The van der Waals surface area contributed by atoms with Gasteiger partial charge < -0.3 is 10.1 Å². The Morgan fingerprint density at radius 1 is 1.26 bits per heavy atom. The summed E-state index contributed by atoms with van der Waals surface area (Å²) in [5.74, 6) is -0.462. The van der Waals surface area contributed by atoms with E-state index >= 15 is 0 Å². The van der Waals surface area contributed by atoms with Gasteiger partial charge >= 0.3 is 5.97 Å². The number of carbonyl (C=O) groups is 2. The Morgan fingerprint density at radius 2 is 1.93 bits per heavy atom. The van der Waals surface area contributed by atoms with Gasteiger partial charge in [0.05, 0.1) is 5.69 Å². The quantitative estimate of drug-likeness (QED) is 0.596. The smallest absolute Gasteiger partial charge is 0.331 e. The van der Waals surface area contributed by atoms with E-state index in [9.17, 15) is 9.59 Å². The summed E-state index contributed by atoms with van der Waals surface area (Å²) < 4.78 is 6.75. The highest BCUT2D eigenvalue weighted by Crippen LogP contribution is 2.20. The van der Waals surface area contributed by atoms with E-state index in [1.54, 1.807) is 10.8 Å². The van der Waals surface area contributed by atoms with Crippen LogP contribution in [0.1, 0.15) is 48.7 Å². The topological polar surface area (TPSA) is 73.2 Å². The fraction of sp³-hybridized carbons (Fsp3) is 0.381. The number of aromatic nitrogens is 2. The zero-order chi connectivity index (χ0) is 20.0. The largest absolute Gasteiger partial charge is 0.452 e. The molecule has 1 aromatic carbocycles. The van der Waals surface area contributed by atoms with E-state index in [0.717, 1.165) is 23.4 Å². The van der Waals surface area contributed by atoms with Crippen molar-refractivity contribution >= 4 is 23.6 Å². The third-order valence-corrected chi connectivity index (χ3v) is 4.67. The predicted molar refractivity (Wildman–Crippen MR) is 106 cm³/mol. The first-order valence-corrected chi connectivity index (χ1v) is 9.06. The highest BCUT2D eigenvalue weighted by atomic mass is 16.5. The van der Waals surface area contributed by atoms with Crippen molar-refractivity contribution in [1.82, 2.24) is 9.78 Å². The molecule has 0 aliphatic carbocycles. The standard InChI is InChI=1S/C21H27N3O3/c1-6-14(2)17-7-9-18(10-8-17)22-20(25)13-27-21(26)12-11-19-15(3)23-24(5)16(19)4/h7-12,14H,6,13H2,1-5H3,(H,22,25)/b12-11+/t14-/m0/s1. The molecule has 0 saturated heterocycles. The number of hydrogen-bond donors (Lipinski definition) is 1. The first kappa shape index (κ1) is 20.4. The molecule has 0 radical (unpaired) electrons. The van der Waals surface area contributed by atoms with Crippen molar-refractivity contribution in [2.24, 2.45) is 7.05 Å². The zero-order valence-corrected chi connectivity index (χ0v) is 16.6. The molecule has 0 bridgehead atoms. The van der Waals surface area contributed by atoms with Gasteiger partial charge in [-0.15, -0.1) is 0 Å². The molecule has 0 spiro atoms. The van der Waals surface area contributed by atoms with Crippen LogP contribution in [0.4, 0.5) is 5.69 Å². The Morgan fingerprint density at radius 3 is 2.48 bits per heavy atom. The molecule has 27 heavy (non-hydrogen) atoms. The number of rotatable bonds is 7. The number of benzene rings is 1. The van der Waals surface area contributed by atoms with Crippen molar-refractivity contribution in [2.45, 2.75) is 40.0 Å². The van der Waals surface area contributed by atoms with Crippen LogP contribution in [0.15, 0.2) is 30.3 Å².